The van der Waals surface area contributed by atoms with Gasteiger partial charge in [-0.3, -0.25) is 9.48 Å². The van der Waals surface area contributed by atoms with Gasteiger partial charge in [0.25, 0.3) is 0 Å². The zero-order chi connectivity index (χ0) is 13.1. The second-order valence-corrected chi connectivity index (χ2v) is 4.53. The normalized spacial score (nSPS) is 10.3. The van der Waals surface area contributed by atoms with Gasteiger partial charge in [0.2, 0.25) is 5.91 Å². The van der Waals surface area contributed by atoms with Crippen LogP contribution in [0, 0.1) is 5.82 Å². The lowest BCUT2D eigenvalue weighted by molar-refractivity contribution is -0.116. The molecular formula is C11H10BrFN4O. The van der Waals surface area contributed by atoms with Crippen LogP contribution in [0.4, 0.5) is 15.9 Å². The summed E-state index contributed by atoms with van der Waals surface area (Å²) in [6.45, 7) is -0.0246. The Bertz CT molecular complexity index is 584. The molecular weight excluding hydrogens is 303 g/mol. The maximum absolute atomic E-state index is 13.4. The molecule has 0 saturated carbocycles. The van der Waals surface area contributed by atoms with Gasteiger partial charge in [-0.25, -0.2) is 4.39 Å². The van der Waals surface area contributed by atoms with Crippen LogP contribution >= 0.6 is 15.9 Å². The lowest BCUT2D eigenvalue weighted by Crippen LogP contribution is -2.19. The summed E-state index contributed by atoms with van der Waals surface area (Å²) in [5.74, 6) is -0.543. The predicted octanol–water partition coefficient (Wildman–Crippen LogP) is 2.01. The van der Waals surface area contributed by atoms with Crippen LogP contribution in [0.5, 0.6) is 0 Å². The fourth-order valence-corrected chi connectivity index (χ4v) is 1.76. The van der Waals surface area contributed by atoms with Gasteiger partial charge in [0.05, 0.1) is 5.69 Å². The number of amides is 1. The molecule has 0 unspecified atom stereocenters. The average Bonchev–Trinajstić information content (AvgIpc) is 2.69. The second-order valence-electron chi connectivity index (χ2n) is 3.61. The molecule has 18 heavy (non-hydrogen) atoms. The molecule has 0 fully saturated rings. The zero-order valence-electron chi connectivity index (χ0n) is 9.23. The summed E-state index contributed by atoms with van der Waals surface area (Å²) in [5, 5.41) is 6.33. The predicted molar refractivity (Wildman–Crippen MR) is 69.4 cm³/mol. The van der Waals surface area contributed by atoms with Gasteiger partial charge in [0.1, 0.15) is 18.2 Å². The molecule has 94 valence electrons. The Kier molecular flexibility index (Phi) is 3.61. The molecule has 0 spiro atoms. The summed E-state index contributed by atoms with van der Waals surface area (Å²) in [6, 6.07) is 5.89. The summed E-state index contributed by atoms with van der Waals surface area (Å²) >= 11 is 3.20. The molecule has 0 aliphatic heterocycles. The van der Waals surface area contributed by atoms with Crippen molar-refractivity contribution in [2.75, 3.05) is 11.1 Å². The number of nitrogen functional groups attached to an aromatic ring is 1. The SMILES string of the molecule is Nc1ccn(CC(=O)Nc2cc(Br)ccc2F)n1. The van der Waals surface area contributed by atoms with Crippen molar-refractivity contribution in [1.82, 2.24) is 9.78 Å². The van der Waals surface area contributed by atoms with E-state index in [4.69, 9.17) is 5.73 Å². The smallest absolute Gasteiger partial charge is 0.246 e. The number of carbonyl (C=O) groups excluding carboxylic acids is 1. The first-order valence-corrected chi connectivity index (χ1v) is 5.88. The summed E-state index contributed by atoms with van der Waals surface area (Å²) in [6.07, 6.45) is 1.58. The van der Waals surface area contributed by atoms with Crippen molar-refractivity contribution in [3.63, 3.8) is 0 Å². The first-order valence-electron chi connectivity index (χ1n) is 5.08. The highest BCUT2D eigenvalue weighted by atomic mass is 79.9. The van der Waals surface area contributed by atoms with E-state index in [1.165, 1.54) is 16.8 Å². The lowest BCUT2D eigenvalue weighted by atomic mass is 10.3. The van der Waals surface area contributed by atoms with E-state index in [-0.39, 0.29) is 18.1 Å². The largest absolute Gasteiger partial charge is 0.382 e. The van der Waals surface area contributed by atoms with E-state index in [2.05, 4.69) is 26.3 Å². The zero-order valence-corrected chi connectivity index (χ0v) is 10.8. The van der Waals surface area contributed by atoms with Crippen LogP contribution in [-0.2, 0) is 11.3 Å². The van der Waals surface area contributed by atoms with Crippen LogP contribution in [0.1, 0.15) is 0 Å². The molecule has 1 aromatic carbocycles. The fourth-order valence-electron chi connectivity index (χ4n) is 1.40. The number of nitrogens with zero attached hydrogens (tertiary/aromatic N) is 2. The van der Waals surface area contributed by atoms with E-state index in [0.29, 0.717) is 10.3 Å². The third-order valence-corrected chi connectivity index (χ3v) is 2.66. The monoisotopic (exact) mass is 312 g/mol. The van der Waals surface area contributed by atoms with E-state index in [1.54, 1.807) is 18.3 Å². The Hall–Kier alpha value is -1.89. The van der Waals surface area contributed by atoms with Crippen LogP contribution in [0.15, 0.2) is 34.9 Å². The van der Waals surface area contributed by atoms with Gasteiger partial charge in [-0.05, 0) is 24.3 Å². The average molecular weight is 313 g/mol. The van der Waals surface area contributed by atoms with Crippen molar-refractivity contribution >= 4 is 33.3 Å². The van der Waals surface area contributed by atoms with Crippen LogP contribution in [0.3, 0.4) is 0 Å². The van der Waals surface area contributed by atoms with E-state index >= 15 is 0 Å². The number of halogens is 2. The van der Waals surface area contributed by atoms with Crippen molar-refractivity contribution in [2.45, 2.75) is 6.54 Å². The van der Waals surface area contributed by atoms with Crippen LogP contribution in [-0.4, -0.2) is 15.7 Å². The third kappa shape index (κ3) is 3.07. The Morgan fingerprint density at radius 3 is 2.94 bits per heavy atom. The molecule has 0 aliphatic rings. The van der Waals surface area contributed by atoms with Crippen molar-refractivity contribution in [1.29, 1.82) is 0 Å². The molecule has 0 aliphatic carbocycles. The summed E-state index contributed by atoms with van der Waals surface area (Å²) in [7, 11) is 0. The Morgan fingerprint density at radius 1 is 1.50 bits per heavy atom. The molecule has 0 saturated heterocycles. The van der Waals surface area contributed by atoms with Crippen molar-refractivity contribution < 1.29 is 9.18 Å². The highest BCUT2D eigenvalue weighted by Gasteiger charge is 2.08. The van der Waals surface area contributed by atoms with Crippen molar-refractivity contribution in [3.8, 4) is 0 Å². The van der Waals surface area contributed by atoms with Crippen LogP contribution in [0.25, 0.3) is 0 Å². The van der Waals surface area contributed by atoms with E-state index in [1.807, 2.05) is 0 Å². The summed E-state index contributed by atoms with van der Waals surface area (Å²) < 4.78 is 15.5. The minimum absolute atomic E-state index is 0.0246. The highest BCUT2D eigenvalue weighted by molar-refractivity contribution is 9.10. The molecule has 0 atom stereocenters. The molecule has 2 aromatic rings. The Morgan fingerprint density at radius 2 is 2.28 bits per heavy atom. The summed E-state index contributed by atoms with van der Waals surface area (Å²) in [4.78, 5) is 11.7. The quantitative estimate of drug-likeness (QED) is 0.910. The Labute approximate surface area is 111 Å². The minimum atomic E-state index is -0.494. The van der Waals surface area contributed by atoms with E-state index < -0.39 is 5.82 Å². The van der Waals surface area contributed by atoms with E-state index in [0.717, 1.165) is 0 Å². The van der Waals surface area contributed by atoms with Gasteiger partial charge in [-0.2, -0.15) is 5.10 Å². The van der Waals surface area contributed by atoms with Crippen molar-refractivity contribution in [3.05, 3.63) is 40.8 Å². The number of hydrogen-bond donors (Lipinski definition) is 2. The Balaban J connectivity index is 2.05. The molecule has 2 rings (SSSR count). The number of hydrogen-bond acceptors (Lipinski definition) is 3. The van der Waals surface area contributed by atoms with Gasteiger partial charge in [0.15, 0.2) is 0 Å². The number of rotatable bonds is 3. The molecule has 1 amide bonds. The molecule has 1 heterocycles. The molecule has 3 N–H and O–H groups in total. The number of benzene rings is 1. The number of aromatic nitrogens is 2. The number of nitrogens with one attached hydrogen (secondary N) is 1. The van der Waals surface area contributed by atoms with Gasteiger partial charge in [0, 0.05) is 10.7 Å². The third-order valence-electron chi connectivity index (χ3n) is 2.17. The number of nitrogens with two attached hydrogens (primary N) is 1. The lowest BCUT2D eigenvalue weighted by Gasteiger charge is -2.06. The fraction of sp³-hybridized carbons (Fsp3) is 0.0909. The summed E-state index contributed by atoms with van der Waals surface area (Å²) in [5.41, 5.74) is 5.54. The maximum Gasteiger partial charge on any atom is 0.246 e. The first kappa shape index (κ1) is 12.6. The standard InChI is InChI=1S/C11H10BrFN4O/c12-7-1-2-8(13)9(5-7)15-11(18)6-17-4-3-10(14)16-17/h1-5H,6H2,(H2,14,16)(H,15,18). The first-order chi connectivity index (χ1) is 8.54. The van der Waals surface area contributed by atoms with Gasteiger partial charge in [-0.15, -0.1) is 0 Å². The van der Waals surface area contributed by atoms with E-state index in [9.17, 15) is 9.18 Å². The van der Waals surface area contributed by atoms with Crippen molar-refractivity contribution in [2.24, 2.45) is 0 Å². The molecule has 5 nitrogen and oxygen atoms in total. The number of carbonyl (C=O) groups is 1. The van der Waals surface area contributed by atoms with Gasteiger partial charge < -0.3 is 11.1 Å². The molecule has 0 radical (unpaired) electrons. The van der Waals surface area contributed by atoms with Gasteiger partial charge >= 0.3 is 0 Å². The maximum atomic E-state index is 13.4. The molecule has 0 bridgehead atoms. The van der Waals surface area contributed by atoms with Crippen LogP contribution < -0.4 is 11.1 Å². The second kappa shape index (κ2) is 5.18. The molecule has 1 aromatic heterocycles. The highest BCUT2D eigenvalue weighted by Crippen LogP contribution is 2.19. The van der Waals surface area contributed by atoms with Gasteiger partial charge in [-0.1, -0.05) is 15.9 Å². The molecule has 7 heteroatoms. The topological polar surface area (TPSA) is 72.9 Å². The number of anilines is 2. The van der Waals surface area contributed by atoms with Crippen LogP contribution in [0.2, 0.25) is 0 Å². The minimum Gasteiger partial charge on any atom is -0.382 e.